The number of unbranched alkanes of at least 4 members (excludes halogenated alkanes) is 1. The minimum absolute atomic E-state index is 0.222. The number of alkyl halides is 1. The van der Waals surface area contributed by atoms with E-state index >= 15 is 0 Å². The Morgan fingerprint density at radius 3 is 2.88 bits per heavy atom. The third-order valence-corrected chi connectivity index (χ3v) is 3.38. The molecule has 0 amide bonds. The van der Waals surface area contributed by atoms with Gasteiger partial charge in [-0.15, -0.1) is 11.6 Å². The van der Waals surface area contributed by atoms with E-state index in [9.17, 15) is 4.79 Å². The van der Waals surface area contributed by atoms with Crippen molar-refractivity contribution >= 4 is 34.0 Å². The number of anilines is 1. The van der Waals surface area contributed by atoms with Crippen molar-refractivity contribution < 1.29 is 9.53 Å². The molecule has 0 aliphatic rings. The van der Waals surface area contributed by atoms with Gasteiger partial charge >= 0.3 is 5.97 Å². The first-order chi connectivity index (χ1) is 8.22. The van der Waals surface area contributed by atoms with Crippen LogP contribution in [-0.2, 0) is 10.6 Å². The Morgan fingerprint density at radius 1 is 1.53 bits per heavy atom. The number of esters is 1. The molecule has 17 heavy (non-hydrogen) atoms. The van der Waals surface area contributed by atoms with Crippen molar-refractivity contribution in [3.63, 3.8) is 0 Å². The number of nitrogens with one attached hydrogen (secondary N) is 1. The van der Waals surface area contributed by atoms with Crippen LogP contribution >= 0.6 is 22.9 Å². The van der Waals surface area contributed by atoms with Gasteiger partial charge < -0.3 is 10.1 Å². The van der Waals surface area contributed by atoms with Gasteiger partial charge in [0.2, 0.25) is 0 Å². The predicted molar refractivity (Wildman–Crippen MR) is 71.0 cm³/mol. The molecular weight excluding hydrogens is 260 g/mol. The molecule has 6 heteroatoms. The molecule has 0 aliphatic carbocycles. The van der Waals surface area contributed by atoms with E-state index in [4.69, 9.17) is 16.3 Å². The van der Waals surface area contributed by atoms with Crippen molar-refractivity contribution in [1.82, 2.24) is 4.98 Å². The van der Waals surface area contributed by atoms with E-state index in [0.717, 1.165) is 24.5 Å². The molecule has 0 aromatic carbocycles. The summed E-state index contributed by atoms with van der Waals surface area (Å²) in [6, 6.07) is 0. The van der Waals surface area contributed by atoms with E-state index in [2.05, 4.69) is 17.2 Å². The van der Waals surface area contributed by atoms with Crippen LogP contribution in [0.25, 0.3) is 0 Å². The molecule has 96 valence electrons. The number of carbonyl (C=O) groups excluding carboxylic acids is 1. The lowest BCUT2D eigenvalue weighted by atomic mass is 10.3. The summed E-state index contributed by atoms with van der Waals surface area (Å²) in [5, 5.41) is 3.91. The molecule has 1 rings (SSSR count). The first-order valence-electron chi connectivity index (χ1n) is 5.69. The van der Waals surface area contributed by atoms with E-state index < -0.39 is 0 Å². The van der Waals surface area contributed by atoms with E-state index in [-0.39, 0.29) is 11.8 Å². The van der Waals surface area contributed by atoms with E-state index in [0.29, 0.717) is 17.2 Å². The maximum Gasteiger partial charge on any atom is 0.350 e. The van der Waals surface area contributed by atoms with Crippen molar-refractivity contribution in [3.05, 3.63) is 10.6 Å². The molecule has 1 aromatic rings. The Balaban J connectivity index is 2.72. The summed E-state index contributed by atoms with van der Waals surface area (Å²) in [6.45, 7) is 5.11. The molecule has 0 bridgehead atoms. The van der Waals surface area contributed by atoms with Crippen LogP contribution in [0.4, 0.5) is 5.13 Å². The van der Waals surface area contributed by atoms with Crippen LogP contribution in [0.5, 0.6) is 0 Å². The second-order valence-electron chi connectivity index (χ2n) is 3.43. The van der Waals surface area contributed by atoms with E-state index in [1.165, 1.54) is 11.3 Å². The van der Waals surface area contributed by atoms with Crippen LogP contribution in [0, 0.1) is 0 Å². The number of hydrogen-bond acceptors (Lipinski definition) is 5. The van der Waals surface area contributed by atoms with Gasteiger partial charge in [-0.2, -0.15) is 0 Å². The van der Waals surface area contributed by atoms with Gasteiger partial charge in [-0.25, -0.2) is 9.78 Å². The number of carbonyl (C=O) groups is 1. The number of aromatic nitrogens is 1. The van der Waals surface area contributed by atoms with Crippen molar-refractivity contribution in [1.29, 1.82) is 0 Å². The monoisotopic (exact) mass is 276 g/mol. The predicted octanol–water partition coefficient (Wildman–Crippen LogP) is 3.27. The van der Waals surface area contributed by atoms with Gasteiger partial charge in [-0.05, 0) is 13.3 Å². The topological polar surface area (TPSA) is 51.2 Å². The Hall–Kier alpha value is -0.810. The quantitative estimate of drug-likeness (QED) is 0.472. The second kappa shape index (κ2) is 7.50. The lowest BCUT2D eigenvalue weighted by Gasteiger charge is -1.99. The average molecular weight is 277 g/mol. The molecule has 0 fully saturated rings. The van der Waals surface area contributed by atoms with Crippen molar-refractivity contribution in [2.75, 3.05) is 18.5 Å². The minimum atomic E-state index is -0.343. The number of rotatable bonds is 7. The summed E-state index contributed by atoms with van der Waals surface area (Å²) in [7, 11) is 0. The van der Waals surface area contributed by atoms with Gasteiger partial charge in [0.05, 0.1) is 18.2 Å². The fraction of sp³-hybridized carbons (Fsp3) is 0.636. The lowest BCUT2D eigenvalue weighted by Crippen LogP contribution is -2.04. The Kier molecular flexibility index (Phi) is 6.29. The molecule has 0 saturated carbocycles. The summed E-state index contributed by atoms with van der Waals surface area (Å²) in [4.78, 5) is 16.4. The smallest absolute Gasteiger partial charge is 0.350 e. The molecule has 1 aromatic heterocycles. The highest BCUT2D eigenvalue weighted by atomic mass is 35.5. The van der Waals surface area contributed by atoms with Crippen molar-refractivity contribution in [3.8, 4) is 0 Å². The summed E-state index contributed by atoms with van der Waals surface area (Å²) >= 11 is 7.06. The Bertz CT molecular complexity index is 368. The molecule has 0 spiro atoms. The van der Waals surface area contributed by atoms with Crippen LogP contribution < -0.4 is 5.32 Å². The summed E-state index contributed by atoms with van der Waals surface area (Å²) < 4.78 is 4.95. The molecule has 4 nitrogen and oxygen atoms in total. The highest BCUT2D eigenvalue weighted by Gasteiger charge is 2.18. The SMILES string of the molecule is CCCCNc1nc(CCl)c(C(=O)OCC)s1. The van der Waals surface area contributed by atoms with Gasteiger partial charge in [0, 0.05) is 6.54 Å². The van der Waals surface area contributed by atoms with Gasteiger partial charge in [0.25, 0.3) is 0 Å². The number of halogens is 1. The van der Waals surface area contributed by atoms with Gasteiger partial charge in [-0.1, -0.05) is 24.7 Å². The van der Waals surface area contributed by atoms with E-state index in [1.54, 1.807) is 6.92 Å². The van der Waals surface area contributed by atoms with Crippen LogP contribution in [0.2, 0.25) is 0 Å². The van der Waals surface area contributed by atoms with Crippen LogP contribution in [0.1, 0.15) is 42.1 Å². The third-order valence-electron chi connectivity index (χ3n) is 2.09. The third kappa shape index (κ3) is 4.16. The first-order valence-corrected chi connectivity index (χ1v) is 7.04. The highest BCUT2D eigenvalue weighted by Crippen LogP contribution is 2.25. The fourth-order valence-electron chi connectivity index (χ4n) is 1.25. The zero-order valence-electron chi connectivity index (χ0n) is 10.1. The zero-order valence-corrected chi connectivity index (χ0v) is 11.7. The van der Waals surface area contributed by atoms with E-state index in [1.807, 2.05) is 0 Å². The second-order valence-corrected chi connectivity index (χ2v) is 4.70. The number of nitrogens with zero attached hydrogens (tertiary/aromatic N) is 1. The normalized spacial score (nSPS) is 10.3. The van der Waals surface area contributed by atoms with Gasteiger partial charge in [0.15, 0.2) is 5.13 Å². The maximum atomic E-state index is 11.6. The highest BCUT2D eigenvalue weighted by molar-refractivity contribution is 7.17. The standard InChI is InChI=1S/C11H17ClN2O2S/c1-3-5-6-13-11-14-8(7-12)9(17-11)10(15)16-4-2/h3-7H2,1-2H3,(H,13,14). The summed E-state index contributed by atoms with van der Waals surface area (Å²) in [5.41, 5.74) is 0.592. The fourth-order valence-corrected chi connectivity index (χ4v) is 2.42. The van der Waals surface area contributed by atoms with Gasteiger partial charge in [-0.3, -0.25) is 0 Å². The number of thiazole rings is 1. The molecule has 0 saturated heterocycles. The lowest BCUT2D eigenvalue weighted by molar-refractivity contribution is 0.0531. The molecule has 0 atom stereocenters. The number of hydrogen-bond donors (Lipinski definition) is 1. The first kappa shape index (κ1) is 14.3. The molecular formula is C11H17ClN2O2S. The Morgan fingerprint density at radius 2 is 2.29 bits per heavy atom. The largest absolute Gasteiger partial charge is 0.462 e. The average Bonchev–Trinajstić information content (AvgIpc) is 2.73. The molecule has 1 N–H and O–H groups in total. The van der Waals surface area contributed by atoms with Crippen LogP contribution in [0.15, 0.2) is 0 Å². The van der Waals surface area contributed by atoms with Crippen molar-refractivity contribution in [2.24, 2.45) is 0 Å². The molecule has 0 unspecified atom stereocenters. The Labute approximate surface area is 110 Å². The van der Waals surface area contributed by atoms with Crippen molar-refractivity contribution in [2.45, 2.75) is 32.6 Å². The van der Waals surface area contributed by atoms with Crippen LogP contribution in [0.3, 0.4) is 0 Å². The summed E-state index contributed by atoms with van der Waals surface area (Å²) in [5.74, 6) is -0.121. The number of ether oxygens (including phenoxy) is 1. The zero-order chi connectivity index (χ0) is 12.7. The van der Waals surface area contributed by atoms with Gasteiger partial charge in [0.1, 0.15) is 4.88 Å². The minimum Gasteiger partial charge on any atom is -0.462 e. The van der Waals surface area contributed by atoms with Crippen LogP contribution in [-0.4, -0.2) is 24.1 Å². The molecule has 0 radical (unpaired) electrons. The molecule has 1 heterocycles. The summed E-state index contributed by atoms with van der Waals surface area (Å²) in [6.07, 6.45) is 2.19. The maximum absolute atomic E-state index is 11.6. The molecule has 0 aliphatic heterocycles.